The monoisotopic (exact) mass is 353 g/mol. The normalized spacial score (nSPS) is 10.1. The molecule has 2 aromatic rings. The number of para-hydroxylation sites is 1. The molecule has 0 unspecified atom stereocenters. The maximum atomic E-state index is 10.9. The van der Waals surface area contributed by atoms with E-state index in [1.165, 1.54) is 0 Å². The number of benzene rings is 2. The summed E-state index contributed by atoms with van der Waals surface area (Å²) in [4.78, 5) is 10.9. The van der Waals surface area contributed by atoms with Crippen LogP contribution in [-0.2, 0) is 6.61 Å². The van der Waals surface area contributed by atoms with Crippen LogP contribution in [0.1, 0.15) is 15.9 Å². The van der Waals surface area contributed by atoms with Crippen molar-refractivity contribution in [2.24, 2.45) is 5.73 Å². The van der Waals surface area contributed by atoms with E-state index in [4.69, 9.17) is 10.5 Å². The fourth-order valence-electron chi connectivity index (χ4n) is 1.49. The molecule has 3 nitrogen and oxygen atoms in total. The first-order valence-electron chi connectivity index (χ1n) is 5.43. The predicted octanol–water partition coefficient (Wildman–Crippen LogP) is 2.97. The third-order valence-electron chi connectivity index (χ3n) is 2.47. The van der Waals surface area contributed by atoms with E-state index in [2.05, 4.69) is 22.6 Å². The number of carbonyl (C=O) groups excluding carboxylic acids is 1. The molecule has 2 aromatic carbocycles. The molecule has 0 heterocycles. The Balaban J connectivity index is 2.02. The molecule has 92 valence electrons. The van der Waals surface area contributed by atoms with Crippen LogP contribution >= 0.6 is 22.6 Å². The van der Waals surface area contributed by atoms with Crippen LogP contribution in [0, 0.1) is 3.57 Å². The molecule has 0 bridgehead atoms. The van der Waals surface area contributed by atoms with Gasteiger partial charge in [-0.05, 0) is 52.4 Å². The zero-order chi connectivity index (χ0) is 13.0. The molecule has 0 aliphatic carbocycles. The van der Waals surface area contributed by atoms with Gasteiger partial charge in [0.2, 0.25) is 5.91 Å². The summed E-state index contributed by atoms with van der Waals surface area (Å²) in [5.41, 5.74) is 6.68. The number of rotatable bonds is 4. The molecule has 18 heavy (non-hydrogen) atoms. The fraction of sp³-hybridized carbons (Fsp3) is 0.0714. The fourth-order valence-corrected chi connectivity index (χ4v) is 2.03. The van der Waals surface area contributed by atoms with E-state index in [1.54, 1.807) is 12.1 Å². The van der Waals surface area contributed by atoms with Crippen molar-refractivity contribution in [1.29, 1.82) is 0 Å². The van der Waals surface area contributed by atoms with Crippen molar-refractivity contribution in [3.8, 4) is 5.75 Å². The van der Waals surface area contributed by atoms with Crippen molar-refractivity contribution in [2.75, 3.05) is 0 Å². The molecule has 0 saturated carbocycles. The highest BCUT2D eigenvalue weighted by Gasteiger charge is 2.02. The van der Waals surface area contributed by atoms with Gasteiger partial charge in [-0.25, -0.2) is 0 Å². The highest BCUT2D eigenvalue weighted by Crippen LogP contribution is 2.20. The molecule has 0 atom stereocenters. The summed E-state index contributed by atoms with van der Waals surface area (Å²) in [6.45, 7) is 0.471. The van der Waals surface area contributed by atoms with Crippen molar-refractivity contribution in [2.45, 2.75) is 6.61 Å². The summed E-state index contributed by atoms with van der Waals surface area (Å²) in [6, 6.07) is 14.9. The predicted molar refractivity (Wildman–Crippen MR) is 78.5 cm³/mol. The summed E-state index contributed by atoms with van der Waals surface area (Å²) in [5.74, 6) is 0.442. The van der Waals surface area contributed by atoms with Crippen LogP contribution < -0.4 is 10.5 Å². The van der Waals surface area contributed by atoms with E-state index in [0.717, 1.165) is 14.9 Å². The van der Waals surface area contributed by atoms with Crippen molar-refractivity contribution >= 4 is 28.5 Å². The van der Waals surface area contributed by atoms with Gasteiger partial charge in [-0.3, -0.25) is 4.79 Å². The Morgan fingerprint density at radius 3 is 2.39 bits per heavy atom. The van der Waals surface area contributed by atoms with E-state index in [9.17, 15) is 4.79 Å². The lowest BCUT2D eigenvalue weighted by molar-refractivity contribution is 0.1000. The average Bonchev–Trinajstić information content (AvgIpc) is 2.38. The van der Waals surface area contributed by atoms with E-state index in [1.807, 2.05) is 36.4 Å². The smallest absolute Gasteiger partial charge is 0.248 e. The number of hydrogen-bond acceptors (Lipinski definition) is 2. The minimum Gasteiger partial charge on any atom is -0.488 e. The van der Waals surface area contributed by atoms with Crippen LogP contribution in [0.25, 0.3) is 0 Å². The molecule has 0 aliphatic rings. The number of primary amides is 1. The van der Waals surface area contributed by atoms with Gasteiger partial charge >= 0.3 is 0 Å². The first-order chi connectivity index (χ1) is 8.66. The van der Waals surface area contributed by atoms with Crippen molar-refractivity contribution < 1.29 is 9.53 Å². The molecule has 1 amide bonds. The van der Waals surface area contributed by atoms with Crippen molar-refractivity contribution in [1.82, 2.24) is 0 Å². The highest BCUT2D eigenvalue weighted by molar-refractivity contribution is 14.1. The zero-order valence-corrected chi connectivity index (χ0v) is 11.8. The molecular weight excluding hydrogens is 341 g/mol. The second-order valence-electron chi connectivity index (χ2n) is 3.78. The standard InChI is InChI=1S/C14H12INO2/c15-12-3-1-2-4-13(12)18-9-10-5-7-11(8-6-10)14(16)17/h1-8H,9H2,(H2,16,17). The Morgan fingerprint density at radius 1 is 1.11 bits per heavy atom. The second kappa shape index (κ2) is 5.86. The number of carbonyl (C=O) groups is 1. The minimum absolute atomic E-state index is 0.417. The Kier molecular flexibility index (Phi) is 4.19. The summed E-state index contributed by atoms with van der Waals surface area (Å²) < 4.78 is 6.77. The summed E-state index contributed by atoms with van der Waals surface area (Å²) in [5, 5.41) is 0. The summed E-state index contributed by atoms with van der Waals surface area (Å²) in [7, 11) is 0. The maximum absolute atomic E-state index is 10.9. The van der Waals surface area contributed by atoms with Crippen LogP contribution in [0.3, 0.4) is 0 Å². The number of ether oxygens (including phenoxy) is 1. The van der Waals surface area contributed by atoms with Gasteiger partial charge in [0.05, 0.1) is 3.57 Å². The van der Waals surface area contributed by atoms with Crippen molar-refractivity contribution in [3.05, 3.63) is 63.2 Å². The molecule has 0 aromatic heterocycles. The van der Waals surface area contributed by atoms with Gasteiger partial charge in [-0.2, -0.15) is 0 Å². The third-order valence-corrected chi connectivity index (χ3v) is 3.36. The Morgan fingerprint density at radius 2 is 1.78 bits per heavy atom. The third kappa shape index (κ3) is 3.22. The Labute approximate surface area is 119 Å². The topological polar surface area (TPSA) is 52.3 Å². The van der Waals surface area contributed by atoms with Gasteiger partial charge in [0.25, 0.3) is 0 Å². The number of hydrogen-bond donors (Lipinski definition) is 1. The van der Waals surface area contributed by atoms with E-state index in [0.29, 0.717) is 12.2 Å². The lowest BCUT2D eigenvalue weighted by Crippen LogP contribution is -2.10. The number of amides is 1. The molecular formula is C14H12INO2. The molecule has 0 saturated heterocycles. The largest absolute Gasteiger partial charge is 0.488 e. The molecule has 0 fully saturated rings. The SMILES string of the molecule is NC(=O)c1ccc(COc2ccccc2I)cc1. The second-order valence-corrected chi connectivity index (χ2v) is 4.94. The minimum atomic E-state index is -0.417. The molecule has 0 spiro atoms. The van der Waals surface area contributed by atoms with Gasteiger partial charge in [0, 0.05) is 5.56 Å². The van der Waals surface area contributed by atoms with Crippen LogP contribution in [0.4, 0.5) is 0 Å². The Bertz CT molecular complexity index is 552. The molecule has 0 aliphatic heterocycles. The number of halogens is 1. The van der Waals surface area contributed by atoms with Crippen LogP contribution in [-0.4, -0.2) is 5.91 Å². The quantitative estimate of drug-likeness (QED) is 0.860. The first kappa shape index (κ1) is 12.9. The van der Waals surface area contributed by atoms with Gasteiger partial charge in [-0.15, -0.1) is 0 Å². The van der Waals surface area contributed by atoms with Gasteiger partial charge < -0.3 is 10.5 Å². The van der Waals surface area contributed by atoms with Crippen LogP contribution in [0.15, 0.2) is 48.5 Å². The van der Waals surface area contributed by atoms with Gasteiger partial charge in [0.15, 0.2) is 0 Å². The van der Waals surface area contributed by atoms with Gasteiger partial charge in [0.1, 0.15) is 12.4 Å². The average molecular weight is 353 g/mol. The molecule has 2 N–H and O–H groups in total. The highest BCUT2D eigenvalue weighted by atomic mass is 127. The molecule has 0 radical (unpaired) electrons. The van der Waals surface area contributed by atoms with E-state index >= 15 is 0 Å². The number of nitrogens with two attached hydrogens (primary N) is 1. The van der Waals surface area contributed by atoms with E-state index in [-0.39, 0.29) is 0 Å². The lowest BCUT2D eigenvalue weighted by atomic mass is 10.1. The maximum Gasteiger partial charge on any atom is 0.248 e. The molecule has 2 rings (SSSR count). The summed E-state index contributed by atoms with van der Waals surface area (Å²) >= 11 is 2.23. The van der Waals surface area contributed by atoms with Crippen molar-refractivity contribution in [3.63, 3.8) is 0 Å². The lowest BCUT2D eigenvalue weighted by Gasteiger charge is -2.08. The van der Waals surface area contributed by atoms with Crippen LogP contribution in [0.2, 0.25) is 0 Å². The summed E-state index contributed by atoms with van der Waals surface area (Å²) in [6.07, 6.45) is 0. The van der Waals surface area contributed by atoms with E-state index < -0.39 is 5.91 Å². The first-order valence-corrected chi connectivity index (χ1v) is 6.51. The Hall–Kier alpha value is -1.56. The zero-order valence-electron chi connectivity index (χ0n) is 9.60. The van der Waals surface area contributed by atoms with Crippen LogP contribution in [0.5, 0.6) is 5.75 Å². The van der Waals surface area contributed by atoms with Gasteiger partial charge in [-0.1, -0.05) is 24.3 Å². The molecule has 4 heteroatoms.